The lowest BCUT2D eigenvalue weighted by molar-refractivity contribution is 0.295. The normalized spacial score (nSPS) is 10.1. The van der Waals surface area contributed by atoms with E-state index < -0.39 is 0 Å². The Morgan fingerprint density at radius 1 is 1.31 bits per heavy atom. The molecule has 0 aliphatic heterocycles. The van der Waals surface area contributed by atoms with E-state index in [1.807, 2.05) is 30.3 Å². The molecule has 0 spiro atoms. The minimum atomic E-state index is 0.376. The molecular weight excluding hydrogens is 288 g/mol. The summed E-state index contributed by atoms with van der Waals surface area (Å²) in [6.45, 7) is 0.376. The van der Waals surface area contributed by atoms with Gasteiger partial charge in [-0.2, -0.15) is 0 Å². The number of nitrogens with zero attached hydrogens (tertiary/aromatic N) is 1. The molecule has 0 aliphatic carbocycles. The van der Waals surface area contributed by atoms with Crippen molar-refractivity contribution in [1.82, 2.24) is 9.97 Å². The number of halogens is 1. The highest BCUT2D eigenvalue weighted by Crippen LogP contribution is 2.11. The van der Waals surface area contributed by atoms with Gasteiger partial charge in [-0.25, -0.2) is 4.98 Å². The summed E-state index contributed by atoms with van der Waals surface area (Å²) < 4.78 is 6.94. The van der Waals surface area contributed by atoms with Crippen LogP contribution < -0.4 is 4.74 Å². The van der Waals surface area contributed by atoms with E-state index in [0.29, 0.717) is 17.1 Å². The Kier molecular flexibility index (Phi) is 3.69. The number of ether oxygens (including phenoxy) is 1. The third-order valence-electron chi connectivity index (χ3n) is 1.93. The van der Waals surface area contributed by atoms with E-state index in [-0.39, 0.29) is 0 Å². The molecule has 5 heteroatoms. The van der Waals surface area contributed by atoms with Crippen LogP contribution in [0.25, 0.3) is 0 Å². The number of hydrogen-bond donors (Lipinski definition) is 1. The lowest BCUT2D eigenvalue weighted by atomic mass is 10.3. The van der Waals surface area contributed by atoms with Crippen LogP contribution in [0.15, 0.2) is 41.0 Å². The maximum Gasteiger partial charge on any atom is 0.146 e. The highest BCUT2D eigenvalue weighted by Gasteiger charge is 1.98. The first-order valence-corrected chi connectivity index (χ1v) is 5.87. The fourth-order valence-electron chi connectivity index (χ4n) is 1.16. The Labute approximate surface area is 107 Å². The number of rotatable bonds is 3. The molecule has 2 aromatic rings. The smallest absolute Gasteiger partial charge is 0.146 e. The van der Waals surface area contributed by atoms with E-state index in [4.69, 9.17) is 17.0 Å². The van der Waals surface area contributed by atoms with Crippen molar-refractivity contribution >= 4 is 28.1 Å². The van der Waals surface area contributed by atoms with Crippen LogP contribution in [0.1, 0.15) is 5.82 Å². The monoisotopic (exact) mass is 296 g/mol. The van der Waals surface area contributed by atoms with Crippen LogP contribution in [0.3, 0.4) is 0 Å². The molecule has 2 rings (SSSR count). The van der Waals surface area contributed by atoms with Crippen molar-refractivity contribution in [3.63, 3.8) is 0 Å². The molecule has 0 saturated heterocycles. The SMILES string of the molecule is S=c1[nH]c(COc2ccccc2)ncc1Br. The van der Waals surface area contributed by atoms with Gasteiger partial charge in [-0.1, -0.05) is 30.4 Å². The molecule has 0 fully saturated rings. The quantitative estimate of drug-likeness (QED) is 0.881. The number of nitrogens with one attached hydrogen (secondary N) is 1. The zero-order valence-electron chi connectivity index (χ0n) is 8.31. The zero-order chi connectivity index (χ0) is 11.4. The van der Waals surface area contributed by atoms with Crippen LogP contribution in [-0.2, 0) is 6.61 Å². The molecule has 0 aliphatic rings. The van der Waals surface area contributed by atoms with Gasteiger partial charge in [0.15, 0.2) is 0 Å². The van der Waals surface area contributed by atoms with Gasteiger partial charge in [0.1, 0.15) is 22.8 Å². The number of benzene rings is 1. The maximum absolute atomic E-state index is 5.53. The van der Waals surface area contributed by atoms with E-state index in [2.05, 4.69) is 25.9 Å². The second-order valence-electron chi connectivity index (χ2n) is 3.11. The third kappa shape index (κ3) is 2.90. The fourth-order valence-corrected chi connectivity index (χ4v) is 1.53. The highest BCUT2D eigenvalue weighted by atomic mass is 79.9. The summed E-state index contributed by atoms with van der Waals surface area (Å²) in [4.78, 5) is 7.14. The largest absolute Gasteiger partial charge is 0.486 e. The highest BCUT2D eigenvalue weighted by molar-refractivity contribution is 9.10. The van der Waals surface area contributed by atoms with E-state index >= 15 is 0 Å². The second kappa shape index (κ2) is 5.23. The van der Waals surface area contributed by atoms with Gasteiger partial charge in [0.2, 0.25) is 0 Å². The van der Waals surface area contributed by atoms with E-state index in [1.165, 1.54) is 0 Å². The molecule has 1 aromatic heterocycles. The molecule has 0 saturated carbocycles. The van der Waals surface area contributed by atoms with Crippen molar-refractivity contribution < 1.29 is 4.74 Å². The van der Waals surface area contributed by atoms with Crippen LogP contribution in [-0.4, -0.2) is 9.97 Å². The number of H-pyrrole nitrogens is 1. The van der Waals surface area contributed by atoms with Gasteiger partial charge in [-0.05, 0) is 28.1 Å². The fraction of sp³-hybridized carbons (Fsp3) is 0.0909. The molecule has 0 atom stereocenters. The number of para-hydroxylation sites is 1. The van der Waals surface area contributed by atoms with Crippen molar-refractivity contribution in [3.8, 4) is 5.75 Å². The van der Waals surface area contributed by atoms with Crippen LogP contribution in [0, 0.1) is 4.64 Å². The lowest BCUT2D eigenvalue weighted by Crippen LogP contribution is -2.01. The molecule has 82 valence electrons. The minimum Gasteiger partial charge on any atom is -0.486 e. The first kappa shape index (κ1) is 11.3. The van der Waals surface area contributed by atoms with Crippen molar-refractivity contribution in [2.45, 2.75) is 6.61 Å². The van der Waals surface area contributed by atoms with Crippen molar-refractivity contribution in [1.29, 1.82) is 0 Å². The molecule has 1 N–H and O–H groups in total. The maximum atomic E-state index is 5.53. The molecule has 0 unspecified atom stereocenters. The Bertz CT molecular complexity index is 527. The molecule has 0 radical (unpaired) electrons. The number of aromatic amines is 1. The number of hydrogen-bond acceptors (Lipinski definition) is 3. The van der Waals surface area contributed by atoms with Gasteiger partial charge in [0.25, 0.3) is 0 Å². The zero-order valence-corrected chi connectivity index (χ0v) is 10.7. The summed E-state index contributed by atoms with van der Waals surface area (Å²) in [5, 5.41) is 0. The van der Waals surface area contributed by atoms with Gasteiger partial charge in [0.05, 0.1) is 4.47 Å². The van der Waals surface area contributed by atoms with Crippen LogP contribution in [0.4, 0.5) is 0 Å². The third-order valence-corrected chi connectivity index (χ3v) is 3.11. The van der Waals surface area contributed by atoms with E-state index in [9.17, 15) is 0 Å². The van der Waals surface area contributed by atoms with Crippen molar-refractivity contribution in [2.75, 3.05) is 0 Å². The average molecular weight is 297 g/mol. The average Bonchev–Trinajstić information content (AvgIpc) is 2.32. The van der Waals surface area contributed by atoms with Crippen LogP contribution in [0.2, 0.25) is 0 Å². The predicted octanol–water partition coefficient (Wildman–Crippen LogP) is 3.48. The standard InChI is InChI=1S/C11H9BrN2OS/c12-9-6-13-10(14-11(9)16)7-15-8-4-2-1-3-5-8/h1-6H,7H2,(H,13,14,16). The van der Waals surface area contributed by atoms with Gasteiger partial charge >= 0.3 is 0 Å². The van der Waals surface area contributed by atoms with Gasteiger partial charge < -0.3 is 9.72 Å². The topological polar surface area (TPSA) is 37.9 Å². The Morgan fingerprint density at radius 3 is 2.75 bits per heavy atom. The minimum absolute atomic E-state index is 0.376. The summed E-state index contributed by atoms with van der Waals surface area (Å²) in [5.74, 6) is 1.52. The summed E-state index contributed by atoms with van der Waals surface area (Å²) in [6, 6.07) is 9.58. The van der Waals surface area contributed by atoms with Crippen molar-refractivity contribution in [3.05, 3.63) is 51.5 Å². The Balaban J connectivity index is 2.05. The van der Waals surface area contributed by atoms with Crippen molar-refractivity contribution in [2.24, 2.45) is 0 Å². The van der Waals surface area contributed by atoms with Crippen LogP contribution >= 0.6 is 28.1 Å². The molecule has 0 bridgehead atoms. The number of aromatic nitrogens is 2. The van der Waals surface area contributed by atoms with Gasteiger partial charge in [-0.3, -0.25) is 0 Å². The Hall–Kier alpha value is -1.20. The Morgan fingerprint density at radius 2 is 2.06 bits per heavy atom. The van der Waals surface area contributed by atoms with E-state index in [1.54, 1.807) is 6.20 Å². The molecular formula is C11H9BrN2OS. The molecule has 16 heavy (non-hydrogen) atoms. The summed E-state index contributed by atoms with van der Waals surface area (Å²) in [6.07, 6.45) is 1.67. The predicted molar refractivity (Wildman–Crippen MR) is 67.9 cm³/mol. The van der Waals surface area contributed by atoms with E-state index in [0.717, 1.165) is 10.2 Å². The molecule has 1 heterocycles. The first-order chi connectivity index (χ1) is 7.75. The lowest BCUT2D eigenvalue weighted by Gasteiger charge is -2.05. The summed E-state index contributed by atoms with van der Waals surface area (Å²) in [7, 11) is 0. The first-order valence-electron chi connectivity index (χ1n) is 4.67. The molecule has 3 nitrogen and oxygen atoms in total. The molecule has 1 aromatic carbocycles. The second-order valence-corrected chi connectivity index (χ2v) is 4.37. The molecule has 0 amide bonds. The van der Waals surface area contributed by atoms with Crippen LogP contribution in [0.5, 0.6) is 5.75 Å². The van der Waals surface area contributed by atoms with Gasteiger partial charge in [-0.15, -0.1) is 0 Å². The summed E-state index contributed by atoms with van der Waals surface area (Å²) in [5.41, 5.74) is 0. The van der Waals surface area contributed by atoms with Gasteiger partial charge in [0, 0.05) is 6.20 Å². The summed E-state index contributed by atoms with van der Waals surface area (Å²) >= 11 is 8.36.